The number of hydrogen-bond acceptors (Lipinski definition) is 7. The highest BCUT2D eigenvalue weighted by Gasteiger charge is 2.27. The maximum Gasteiger partial charge on any atom is 0.248 e. The average Bonchev–Trinajstić information content (AvgIpc) is 3.28. The van der Waals surface area contributed by atoms with Crippen LogP contribution in [-0.4, -0.2) is 59.0 Å². The molecule has 1 aliphatic rings. The molecule has 33 heavy (non-hydrogen) atoms. The van der Waals surface area contributed by atoms with E-state index in [0.717, 1.165) is 24.1 Å². The number of methoxy groups -OCH3 is 1. The summed E-state index contributed by atoms with van der Waals surface area (Å²) in [6, 6.07) is 9.93. The van der Waals surface area contributed by atoms with E-state index in [1.165, 1.54) is 53.9 Å². The third-order valence-electron chi connectivity index (χ3n) is 5.24. The summed E-state index contributed by atoms with van der Waals surface area (Å²) in [6.07, 6.45) is 2.66. The molecule has 174 valence electrons. The van der Waals surface area contributed by atoms with Gasteiger partial charge in [0.25, 0.3) is 0 Å². The van der Waals surface area contributed by atoms with Gasteiger partial charge in [0.1, 0.15) is 18.1 Å². The van der Waals surface area contributed by atoms with Crippen molar-refractivity contribution in [2.75, 3.05) is 25.5 Å². The van der Waals surface area contributed by atoms with Crippen LogP contribution in [0.25, 0.3) is 11.4 Å². The molecule has 1 amide bonds. The lowest BCUT2D eigenvalue weighted by Gasteiger charge is -2.26. The molecule has 10 nitrogen and oxygen atoms in total. The molecule has 12 heteroatoms. The Bertz CT molecular complexity index is 1240. The van der Waals surface area contributed by atoms with Gasteiger partial charge in [-0.2, -0.15) is 9.10 Å². The van der Waals surface area contributed by atoms with Crippen molar-refractivity contribution in [3.8, 4) is 17.1 Å². The van der Waals surface area contributed by atoms with E-state index in [-0.39, 0.29) is 28.8 Å². The molecule has 0 atom stereocenters. The first-order valence-corrected chi connectivity index (χ1v) is 11.8. The van der Waals surface area contributed by atoms with E-state index < -0.39 is 15.9 Å². The van der Waals surface area contributed by atoms with Crippen molar-refractivity contribution in [3.63, 3.8) is 0 Å². The number of nitrogens with zero attached hydrogens (tertiary/aromatic N) is 5. The number of rotatable bonds is 7. The summed E-state index contributed by atoms with van der Waals surface area (Å²) in [7, 11) is -2.25. The monoisotopic (exact) mass is 474 g/mol. The number of anilines is 1. The molecular weight excluding hydrogens is 451 g/mol. The van der Waals surface area contributed by atoms with Gasteiger partial charge in [0.2, 0.25) is 21.8 Å². The quantitative estimate of drug-likeness (QED) is 0.558. The summed E-state index contributed by atoms with van der Waals surface area (Å²) in [5, 5.41) is 14.5. The molecule has 0 aliphatic carbocycles. The van der Waals surface area contributed by atoms with Crippen LogP contribution in [0.15, 0.2) is 47.4 Å². The van der Waals surface area contributed by atoms with Gasteiger partial charge in [-0.25, -0.2) is 12.8 Å². The summed E-state index contributed by atoms with van der Waals surface area (Å²) in [4.78, 5) is 13.8. The third kappa shape index (κ3) is 5.17. The van der Waals surface area contributed by atoms with Crippen molar-refractivity contribution in [1.82, 2.24) is 24.5 Å². The minimum absolute atomic E-state index is 0.0815. The number of ether oxygens (including phenoxy) is 1. The Labute approximate surface area is 190 Å². The van der Waals surface area contributed by atoms with E-state index in [4.69, 9.17) is 4.74 Å². The van der Waals surface area contributed by atoms with E-state index in [9.17, 15) is 17.6 Å². The van der Waals surface area contributed by atoms with E-state index in [1.807, 2.05) is 0 Å². The number of carbonyl (C=O) groups excluding carboxylic acids is 1. The number of aromatic nitrogens is 4. The zero-order chi connectivity index (χ0) is 23.4. The van der Waals surface area contributed by atoms with Crippen LogP contribution in [0.4, 0.5) is 10.1 Å². The summed E-state index contributed by atoms with van der Waals surface area (Å²) < 4.78 is 45.8. The Morgan fingerprint density at radius 1 is 1.12 bits per heavy atom. The number of halogens is 1. The molecule has 3 aromatic rings. The van der Waals surface area contributed by atoms with Crippen molar-refractivity contribution in [2.24, 2.45) is 0 Å². The molecule has 0 spiro atoms. The zero-order valence-electron chi connectivity index (χ0n) is 17.9. The normalized spacial score (nSPS) is 14.7. The summed E-state index contributed by atoms with van der Waals surface area (Å²) in [6.45, 7) is 0.690. The smallest absolute Gasteiger partial charge is 0.248 e. The number of tetrazole rings is 1. The van der Waals surface area contributed by atoms with E-state index in [1.54, 1.807) is 0 Å². The van der Waals surface area contributed by atoms with Gasteiger partial charge < -0.3 is 10.1 Å². The second-order valence-corrected chi connectivity index (χ2v) is 9.46. The first kappa shape index (κ1) is 22.8. The predicted molar refractivity (Wildman–Crippen MR) is 117 cm³/mol. The Kier molecular flexibility index (Phi) is 6.65. The lowest BCUT2D eigenvalue weighted by Crippen LogP contribution is -2.35. The molecule has 0 saturated carbocycles. The van der Waals surface area contributed by atoms with Crippen molar-refractivity contribution in [1.29, 1.82) is 0 Å². The molecular formula is C21H23FN6O4S. The van der Waals surface area contributed by atoms with E-state index in [2.05, 4.69) is 20.7 Å². The number of hydrogen-bond donors (Lipinski definition) is 1. The Balaban J connectivity index is 1.49. The van der Waals surface area contributed by atoms with Crippen molar-refractivity contribution < 1.29 is 22.3 Å². The first-order chi connectivity index (χ1) is 15.9. The molecule has 1 fully saturated rings. The molecule has 0 unspecified atom stereocenters. The van der Waals surface area contributed by atoms with Crippen molar-refractivity contribution >= 4 is 21.6 Å². The minimum atomic E-state index is -3.67. The van der Waals surface area contributed by atoms with Gasteiger partial charge in [-0.1, -0.05) is 6.42 Å². The highest BCUT2D eigenvalue weighted by molar-refractivity contribution is 7.89. The largest absolute Gasteiger partial charge is 0.495 e. The standard InChI is InChI=1S/C21H23FN6O4S/c1-32-19-10-9-17(33(30,31)27-11-3-2-4-12-27)13-18(19)23-20(29)14-28-25-21(24-26-28)15-5-7-16(22)8-6-15/h5-10,13H,2-4,11-12,14H2,1H3,(H,23,29). The molecule has 1 aliphatic heterocycles. The Morgan fingerprint density at radius 2 is 1.85 bits per heavy atom. The zero-order valence-corrected chi connectivity index (χ0v) is 18.8. The lowest BCUT2D eigenvalue weighted by atomic mass is 10.2. The fraction of sp³-hybridized carbons (Fsp3) is 0.333. The highest BCUT2D eigenvalue weighted by Crippen LogP contribution is 2.30. The molecule has 2 aromatic carbocycles. The van der Waals surface area contributed by atoms with Gasteiger partial charge in [-0.15, -0.1) is 10.2 Å². The summed E-state index contributed by atoms with van der Waals surface area (Å²) in [5.74, 6) is -0.317. The molecule has 1 saturated heterocycles. The van der Waals surface area contributed by atoms with E-state index >= 15 is 0 Å². The van der Waals surface area contributed by atoms with Crippen LogP contribution in [0.5, 0.6) is 5.75 Å². The van der Waals surface area contributed by atoms with Crippen LogP contribution in [-0.2, 0) is 21.4 Å². The van der Waals surface area contributed by atoms with Gasteiger partial charge >= 0.3 is 0 Å². The molecule has 2 heterocycles. The number of benzene rings is 2. The maximum absolute atomic E-state index is 13.1. The second-order valence-electron chi connectivity index (χ2n) is 7.53. The summed E-state index contributed by atoms with van der Waals surface area (Å²) in [5.41, 5.74) is 0.778. The number of carbonyl (C=O) groups is 1. The first-order valence-electron chi connectivity index (χ1n) is 10.4. The molecule has 0 radical (unpaired) electrons. The maximum atomic E-state index is 13.1. The fourth-order valence-corrected chi connectivity index (χ4v) is 5.09. The van der Waals surface area contributed by atoms with Gasteiger partial charge in [0.15, 0.2) is 0 Å². The Hall–Kier alpha value is -3.38. The number of sulfonamides is 1. The molecule has 4 rings (SSSR count). The highest BCUT2D eigenvalue weighted by atomic mass is 32.2. The van der Waals surface area contributed by atoms with Crippen LogP contribution in [0.3, 0.4) is 0 Å². The number of amides is 1. The van der Waals surface area contributed by atoms with Crippen LogP contribution >= 0.6 is 0 Å². The average molecular weight is 475 g/mol. The van der Waals surface area contributed by atoms with Crippen LogP contribution in [0.1, 0.15) is 19.3 Å². The fourth-order valence-electron chi connectivity index (χ4n) is 3.54. The van der Waals surface area contributed by atoms with Crippen molar-refractivity contribution in [2.45, 2.75) is 30.7 Å². The topological polar surface area (TPSA) is 119 Å². The SMILES string of the molecule is COc1ccc(S(=O)(=O)N2CCCCC2)cc1NC(=O)Cn1nnc(-c2ccc(F)cc2)n1. The number of nitrogens with one attached hydrogen (secondary N) is 1. The number of piperidine rings is 1. The second kappa shape index (κ2) is 9.63. The minimum Gasteiger partial charge on any atom is -0.495 e. The van der Waals surface area contributed by atoms with Crippen LogP contribution in [0.2, 0.25) is 0 Å². The molecule has 1 N–H and O–H groups in total. The predicted octanol–water partition coefficient (Wildman–Crippen LogP) is 2.30. The van der Waals surface area contributed by atoms with Crippen LogP contribution < -0.4 is 10.1 Å². The van der Waals surface area contributed by atoms with E-state index in [0.29, 0.717) is 24.4 Å². The Morgan fingerprint density at radius 3 is 2.55 bits per heavy atom. The molecule has 0 bridgehead atoms. The lowest BCUT2D eigenvalue weighted by molar-refractivity contribution is -0.117. The van der Waals surface area contributed by atoms with Gasteiger partial charge in [0, 0.05) is 18.7 Å². The van der Waals surface area contributed by atoms with Gasteiger partial charge in [-0.05, 0) is 60.5 Å². The molecule has 1 aromatic heterocycles. The summed E-state index contributed by atoms with van der Waals surface area (Å²) >= 11 is 0. The van der Waals surface area contributed by atoms with Gasteiger partial charge in [0.05, 0.1) is 17.7 Å². The van der Waals surface area contributed by atoms with Crippen LogP contribution in [0, 0.1) is 5.82 Å². The van der Waals surface area contributed by atoms with Gasteiger partial charge in [-0.3, -0.25) is 4.79 Å². The van der Waals surface area contributed by atoms with Crippen molar-refractivity contribution in [3.05, 3.63) is 48.3 Å². The third-order valence-corrected chi connectivity index (χ3v) is 7.13.